The minimum atomic E-state index is -1.15. The second-order valence-corrected chi connectivity index (χ2v) is 9.05. The van der Waals surface area contributed by atoms with Gasteiger partial charge in [-0.25, -0.2) is 0 Å². The molecule has 180 valence electrons. The molecule has 0 aromatic carbocycles. The maximum Gasteiger partial charge on any atom is 0.220 e. The van der Waals surface area contributed by atoms with Gasteiger partial charge in [0.2, 0.25) is 11.8 Å². The predicted molar refractivity (Wildman–Crippen MR) is 114 cm³/mol. The molecule has 2 aliphatic rings. The number of likely N-dealkylation sites (tertiary alicyclic amines) is 2. The molecule has 31 heavy (non-hydrogen) atoms. The van der Waals surface area contributed by atoms with E-state index in [4.69, 9.17) is 0 Å². The summed E-state index contributed by atoms with van der Waals surface area (Å²) in [5.41, 5.74) is 0. The zero-order chi connectivity index (χ0) is 23.1. The van der Waals surface area contributed by atoms with E-state index < -0.39 is 43.1 Å². The number of aliphatic hydroxyl groups is 5. The van der Waals surface area contributed by atoms with Gasteiger partial charge in [0.1, 0.15) is 18.3 Å². The molecule has 0 saturated carbocycles. The first-order valence-electron chi connectivity index (χ1n) is 11.6. The van der Waals surface area contributed by atoms with Crippen LogP contribution in [0, 0.1) is 0 Å². The summed E-state index contributed by atoms with van der Waals surface area (Å²) in [6.07, 6.45) is 2.58. The van der Waals surface area contributed by atoms with Gasteiger partial charge in [0.25, 0.3) is 0 Å². The van der Waals surface area contributed by atoms with Crippen LogP contribution in [0.4, 0.5) is 0 Å². The third-order valence-corrected chi connectivity index (χ3v) is 6.90. The van der Waals surface area contributed by atoms with Gasteiger partial charge in [-0.1, -0.05) is 25.7 Å². The molecule has 0 spiro atoms. The fourth-order valence-corrected chi connectivity index (χ4v) is 5.19. The quantitative estimate of drug-likeness (QED) is 0.293. The smallest absolute Gasteiger partial charge is 0.220 e. The molecule has 2 fully saturated rings. The Morgan fingerprint density at radius 1 is 0.935 bits per heavy atom. The number of carbonyl (C=O) groups excluding carboxylic acids is 2. The number of unbranched alkanes of at least 4 members (excludes halogenated alkanes) is 3. The fourth-order valence-electron chi connectivity index (χ4n) is 5.19. The van der Waals surface area contributed by atoms with E-state index in [1.165, 1.54) is 18.7 Å². The molecule has 0 unspecified atom stereocenters. The van der Waals surface area contributed by atoms with E-state index in [1.54, 1.807) is 4.90 Å². The van der Waals surface area contributed by atoms with E-state index in [1.807, 2.05) is 0 Å². The highest BCUT2D eigenvalue weighted by atomic mass is 16.3. The van der Waals surface area contributed by atoms with Crippen LogP contribution < -0.4 is 0 Å². The summed E-state index contributed by atoms with van der Waals surface area (Å²) in [4.78, 5) is 26.7. The van der Waals surface area contributed by atoms with Crippen molar-refractivity contribution < 1.29 is 35.1 Å². The monoisotopic (exact) mass is 444 g/mol. The van der Waals surface area contributed by atoms with Crippen LogP contribution in [-0.2, 0) is 9.59 Å². The van der Waals surface area contributed by atoms with Crippen molar-refractivity contribution in [3.05, 3.63) is 0 Å². The minimum Gasteiger partial charge on any atom is -0.394 e. The summed E-state index contributed by atoms with van der Waals surface area (Å²) in [7, 11) is 0. The molecular weight excluding hydrogens is 404 g/mol. The first kappa shape index (κ1) is 26.0. The molecule has 0 aromatic rings. The van der Waals surface area contributed by atoms with Crippen LogP contribution in [0.15, 0.2) is 0 Å². The fraction of sp³-hybridized carbons (Fsp3) is 0.909. The highest BCUT2D eigenvalue weighted by molar-refractivity contribution is 5.75. The Hall–Kier alpha value is -1.26. The van der Waals surface area contributed by atoms with Crippen molar-refractivity contribution in [2.24, 2.45) is 0 Å². The van der Waals surface area contributed by atoms with Gasteiger partial charge in [-0.2, -0.15) is 0 Å². The molecule has 5 N–H and O–H groups in total. The standard InChI is InChI=1S/C22H40N2O7/c1-14(26)23-12-8-7-9-16(23)20(29)19(28)11-6-4-3-5-10-17-21(30)22(31)18(13-25)24(17)15(2)27/h16-22,25,28-31H,3-13H2,1-2H3/t16-,17-,18-,19+,20+,21-,22-/m1/s1. The van der Waals surface area contributed by atoms with Crippen LogP contribution in [0.25, 0.3) is 0 Å². The van der Waals surface area contributed by atoms with E-state index in [0.717, 1.165) is 38.5 Å². The summed E-state index contributed by atoms with van der Waals surface area (Å²) in [5.74, 6) is -0.350. The Labute approximate surface area is 184 Å². The Morgan fingerprint density at radius 2 is 1.58 bits per heavy atom. The Kier molecular flexibility index (Phi) is 10.2. The summed E-state index contributed by atoms with van der Waals surface area (Å²) in [6.45, 7) is 3.09. The lowest BCUT2D eigenvalue weighted by atomic mass is 9.92. The lowest BCUT2D eigenvalue weighted by Crippen LogP contribution is -2.52. The molecular formula is C22H40N2O7. The third-order valence-electron chi connectivity index (χ3n) is 6.90. The normalized spacial score (nSPS) is 31.0. The van der Waals surface area contributed by atoms with Gasteiger partial charge < -0.3 is 35.3 Å². The summed E-state index contributed by atoms with van der Waals surface area (Å²) in [5, 5.41) is 50.7. The lowest BCUT2D eigenvalue weighted by Gasteiger charge is -2.39. The van der Waals surface area contributed by atoms with E-state index in [2.05, 4.69) is 0 Å². The highest BCUT2D eigenvalue weighted by Gasteiger charge is 2.48. The average Bonchev–Trinajstić information content (AvgIpc) is 2.99. The van der Waals surface area contributed by atoms with Gasteiger partial charge in [0.15, 0.2) is 0 Å². The van der Waals surface area contributed by atoms with Crippen molar-refractivity contribution >= 4 is 11.8 Å². The summed E-state index contributed by atoms with van der Waals surface area (Å²) >= 11 is 0. The van der Waals surface area contributed by atoms with Crippen molar-refractivity contribution in [2.45, 2.75) is 114 Å². The largest absolute Gasteiger partial charge is 0.394 e. The van der Waals surface area contributed by atoms with Gasteiger partial charge in [0, 0.05) is 20.4 Å². The maximum absolute atomic E-state index is 11.9. The molecule has 2 saturated heterocycles. The van der Waals surface area contributed by atoms with Crippen LogP contribution in [0.1, 0.15) is 71.6 Å². The van der Waals surface area contributed by atoms with E-state index >= 15 is 0 Å². The molecule has 0 aliphatic carbocycles. The van der Waals surface area contributed by atoms with Crippen LogP contribution in [0.5, 0.6) is 0 Å². The van der Waals surface area contributed by atoms with Crippen LogP contribution in [0.2, 0.25) is 0 Å². The summed E-state index contributed by atoms with van der Waals surface area (Å²) < 4.78 is 0. The van der Waals surface area contributed by atoms with Crippen molar-refractivity contribution in [1.29, 1.82) is 0 Å². The molecule has 9 heteroatoms. The van der Waals surface area contributed by atoms with Gasteiger partial charge >= 0.3 is 0 Å². The molecule has 2 heterocycles. The Balaban J connectivity index is 1.71. The number of rotatable bonds is 10. The number of amides is 2. The number of hydrogen-bond donors (Lipinski definition) is 5. The predicted octanol–water partition coefficient (Wildman–Crippen LogP) is -0.237. The number of carbonyl (C=O) groups is 2. The van der Waals surface area contributed by atoms with Gasteiger partial charge in [-0.05, 0) is 32.1 Å². The minimum absolute atomic E-state index is 0.0711. The second kappa shape index (κ2) is 12.1. The van der Waals surface area contributed by atoms with Crippen molar-refractivity contribution in [3.8, 4) is 0 Å². The van der Waals surface area contributed by atoms with Gasteiger partial charge in [-0.15, -0.1) is 0 Å². The van der Waals surface area contributed by atoms with Gasteiger partial charge in [-0.3, -0.25) is 9.59 Å². The lowest BCUT2D eigenvalue weighted by molar-refractivity contribution is -0.138. The zero-order valence-electron chi connectivity index (χ0n) is 18.8. The van der Waals surface area contributed by atoms with E-state index in [9.17, 15) is 35.1 Å². The first-order chi connectivity index (χ1) is 14.7. The second-order valence-electron chi connectivity index (χ2n) is 9.05. The maximum atomic E-state index is 11.9. The molecule has 0 aromatic heterocycles. The van der Waals surface area contributed by atoms with Crippen LogP contribution in [0.3, 0.4) is 0 Å². The average molecular weight is 445 g/mol. The third kappa shape index (κ3) is 6.38. The zero-order valence-corrected chi connectivity index (χ0v) is 18.8. The van der Waals surface area contributed by atoms with Crippen LogP contribution >= 0.6 is 0 Å². The van der Waals surface area contributed by atoms with E-state index in [-0.39, 0.29) is 17.9 Å². The highest BCUT2D eigenvalue weighted by Crippen LogP contribution is 2.29. The van der Waals surface area contributed by atoms with E-state index in [0.29, 0.717) is 25.8 Å². The SMILES string of the molecule is CC(=O)N1CCCC[C@@H]1[C@H](O)[C@@H](O)CCCCCC[C@@H]1[C@@H](O)[C@H](O)[C@@H](CO)N1C(C)=O. The molecule has 7 atom stereocenters. The molecule has 0 radical (unpaired) electrons. The number of hydrogen-bond acceptors (Lipinski definition) is 7. The molecule has 2 amide bonds. The molecule has 2 rings (SSSR count). The summed E-state index contributed by atoms with van der Waals surface area (Å²) in [6, 6.07) is -1.61. The molecule has 9 nitrogen and oxygen atoms in total. The topological polar surface area (TPSA) is 142 Å². The number of aliphatic hydroxyl groups excluding tert-OH is 5. The van der Waals surface area contributed by atoms with Crippen LogP contribution in [-0.4, -0.2) is 103 Å². The number of piperidine rings is 1. The first-order valence-corrected chi connectivity index (χ1v) is 11.6. The van der Waals surface area contributed by atoms with Crippen molar-refractivity contribution in [1.82, 2.24) is 9.80 Å². The molecule has 0 bridgehead atoms. The Morgan fingerprint density at radius 3 is 2.19 bits per heavy atom. The molecule has 2 aliphatic heterocycles. The van der Waals surface area contributed by atoms with Gasteiger partial charge in [0.05, 0.1) is 30.8 Å². The Bertz CT molecular complexity index is 590. The number of nitrogens with zero attached hydrogens (tertiary/aromatic N) is 2. The van der Waals surface area contributed by atoms with Crippen molar-refractivity contribution in [3.63, 3.8) is 0 Å². The van der Waals surface area contributed by atoms with Crippen molar-refractivity contribution in [2.75, 3.05) is 13.2 Å².